The van der Waals surface area contributed by atoms with Gasteiger partial charge in [0.2, 0.25) is 10.0 Å². The van der Waals surface area contributed by atoms with Crippen molar-refractivity contribution < 1.29 is 26.4 Å². The molecule has 0 radical (unpaired) electrons. The average Bonchev–Trinajstić information content (AvgIpc) is 2.29. The fourth-order valence-electron chi connectivity index (χ4n) is 1.37. The molecule has 0 aromatic heterocycles. The van der Waals surface area contributed by atoms with Gasteiger partial charge in [-0.05, 0) is 37.6 Å². The van der Waals surface area contributed by atoms with Crippen LogP contribution >= 0.6 is 0 Å². The summed E-state index contributed by atoms with van der Waals surface area (Å²) in [7, 11) is -8.06. The summed E-state index contributed by atoms with van der Waals surface area (Å²) in [5.74, 6) is 0. The van der Waals surface area contributed by atoms with E-state index in [-0.39, 0.29) is 17.2 Å². The molecule has 0 atom stereocenters. The summed E-state index contributed by atoms with van der Waals surface area (Å²) in [6, 6.07) is 3.57. The number of primary sulfonamides is 1. The Kier molecular flexibility index (Phi) is 5.15. The standard InChI is InChI=1S/C10H15N3O6S2/c1-3-19-10(14)13-21(17,18)12-9-5-4-8(6-7(9)2)20(11,15)16/h4-6,12H,3H2,1-2H3,(H,13,14)(H2,11,15,16). The van der Waals surface area contributed by atoms with Crippen molar-refractivity contribution in [3.8, 4) is 0 Å². The van der Waals surface area contributed by atoms with Crippen molar-refractivity contribution in [2.24, 2.45) is 5.14 Å². The SMILES string of the molecule is CCOC(=O)NS(=O)(=O)Nc1ccc(S(N)(=O)=O)cc1C. The van der Waals surface area contributed by atoms with E-state index >= 15 is 0 Å². The Bertz CT molecular complexity index is 742. The molecule has 9 nitrogen and oxygen atoms in total. The number of anilines is 1. The third-order valence-corrected chi connectivity index (χ3v) is 4.10. The topological polar surface area (TPSA) is 145 Å². The number of amides is 1. The molecule has 4 N–H and O–H groups in total. The molecule has 1 rings (SSSR count). The van der Waals surface area contributed by atoms with Gasteiger partial charge in [0.15, 0.2) is 0 Å². The molecule has 0 bridgehead atoms. The van der Waals surface area contributed by atoms with Crippen LogP contribution in [0.2, 0.25) is 0 Å². The van der Waals surface area contributed by atoms with Gasteiger partial charge in [0.05, 0.1) is 17.2 Å². The van der Waals surface area contributed by atoms with Gasteiger partial charge in [0.25, 0.3) is 0 Å². The number of ether oxygens (including phenoxy) is 1. The predicted octanol–water partition coefficient (Wildman–Crippen LogP) is 0.0452. The minimum Gasteiger partial charge on any atom is -0.449 e. The van der Waals surface area contributed by atoms with E-state index in [0.717, 1.165) is 6.07 Å². The third kappa shape index (κ3) is 5.21. The molecule has 0 aliphatic heterocycles. The van der Waals surface area contributed by atoms with Crippen molar-refractivity contribution >= 4 is 32.0 Å². The lowest BCUT2D eigenvalue weighted by Crippen LogP contribution is -2.35. The highest BCUT2D eigenvalue weighted by Crippen LogP contribution is 2.19. The average molecular weight is 337 g/mol. The molecule has 0 heterocycles. The molecule has 0 unspecified atom stereocenters. The summed E-state index contributed by atoms with van der Waals surface area (Å²) in [5, 5.41) is 4.96. The number of rotatable bonds is 5. The zero-order chi connectivity index (χ0) is 16.3. The predicted molar refractivity (Wildman–Crippen MR) is 75.3 cm³/mol. The minimum atomic E-state index is -4.18. The van der Waals surface area contributed by atoms with Gasteiger partial charge >= 0.3 is 16.3 Å². The third-order valence-electron chi connectivity index (χ3n) is 2.26. The molecule has 0 aliphatic rings. The van der Waals surface area contributed by atoms with Gasteiger partial charge in [-0.3, -0.25) is 4.72 Å². The van der Waals surface area contributed by atoms with Crippen molar-refractivity contribution in [1.82, 2.24) is 4.72 Å². The van der Waals surface area contributed by atoms with Crippen LogP contribution in [0, 0.1) is 6.92 Å². The highest BCUT2D eigenvalue weighted by Gasteiger charge is 2.17. The number of nitrogens with two attached hydrogens (primary N) is 1. The van der Waals surface area contributed by atoms with Gasteiger partial charge in [-0.1, -0.05) is 0 Å². The Morgan fingerprint density at radius 3 is 2.38 bits per heavy atom. The lowest BCUT2D eigenvalue weighted by Gasteiger charge is -2.12. The van der Waals surface area contributed by atoms with Crippen molar-refractivity contribution in [3.05, 3.63) is 23.8 Å². The van der Waals surface area contributed by atoms with Crippen LogP contribution in [0.3, 0.4) is 0 Å². The van der Waals surface area contributed by atoms with Crippen LogP contribution in [0.1, 0.15) is 12.5 Å². The maximum atomic E-state index is 11.7. The Labute approximate surface area is 122 Å². The number of nitrogens with one attached hydrogen (secondary N) is 2. The molecule has 0 saturated heterocycles. The number of benzene rings is 1. The van der Waals surface area contributed by atoms with Gasteiger partial charge in [0, 0.05) is 0 Å². The molecule has 11 heteroatoms. The fraction of sp³-hybridized carbons (Fsp3) is 0.300. The zero-order valence-corrected chi connectivity index (χ0v) is 12.9. The fourth-order valence-corrected chi connectivity index (χ4v) is 2.81. The van der Waals surface area contributed by atoms with Crippen molar-refractivity contribution in [2.75, 3.05) is 11.3 Å². The molecule has 0 fully saturated rings. The molecule has 1 aromatic rings. The molecule has 0 spiro atoms. The largest absolute Gasteiger partial charge is 0.449 e. The highest BCUT2D eigenvalue weighted by molar-refractivity contribution is 7.91. The van der Waals surface area contributed by atoms with Crippen LogP contribution in [0.5, 0.6) is 0 Å². The Morgan fingerprint density at radius 2 is 1.90 bits per heavy atom. The van der Waals surface area contributed by atoms with E-state index < -0.39 is 26.3 Å². The van der Waals surface area contributed by atoms with E-state index in [4.69, 9.17) is 5.14 Å². The maximum absolute atomic E-state index is 11.7. The van der Waals surface area contributed by atoms with E-state index in [1.165, 1.54) is 26.0 Å². The summed E-state index contributed by atoms with van der Waals surface area (Å²) in [4.78, 5) is 10.9. The molecule has 0 aliphatic carbocycles. The normalized spacial score (nSPS) is 11.8. The van der Waals surface area contributed by atoms with Crippen LogP contribution in [0.25, 0.3) is 0 Å². The van der Waals surface area contributed by atoms with Gasteiger partial charge in [-0.15, -0.1) is 0 Å². The Morgan fingerprint density at radius 1 is 1.29 bits per heavy atom. The first kappa shape index (κ1) is 17.2. The van der Waals surface area contributed by atoms with Gasteiger partial charge in [-0.25, -0.2) is 23.1 Å². The Hall–Kier alpha value is -1.85. The monoisotopic (exact) mass is 337 g/mol. The molecule has 0 saturated carbocycles. The molecular weight excluding hydrogens is 322 g/mol. The second-order valence-corrected chi connectivity index (χ2v) is 6.93. The van der Waals surface area contributed by atoms with Gasteiger partial charge < -0.3 is 4.74 Å². The number of hydrogen-bond acceptors (Lipinski definition) is 6. The highest BCUT2D eigenvalue weighted by atomic mass is 32.2. The lowest BCUT2D eigenvalue weighted by atomic mass is 10.2. The van der Waals surface area contributed by atoms with Crippen molar-refractivity contribution in [1.29, 1.82) is 0 Å². The number of aryl methyl sites for hydroxylation is 1. The van der Waals surface area contributed by atoms with Crippen LogP contribution in [0.15, 0.2) is 23.1 Å². The quantitative estimate of drug-likeness (QED) is 0.692. The Balaban J connectivity index is 2.96. The second-order valence-electron chi connectivity index (χ2n) is 3.95. The summed E-state index contributed by atoms with van der Waals surface area (Å²) < 4.78 is 53.8. The van der Waals surface area contributed by atoms with Crippen LogP contribution < -0.4 is 14.6 Å². The van der Waals surface area contributed by atoms with E-state index in [1.807, 2.05) is 0 Å². The molecule has 21 heavy (non-hydrogen) atoms. The first-order valence-corrected chi connectivity index (χ1v) is 8.69. The van der Waals surface area contributed by atoms with Gasteiger partial charge in [0.1, 0.15) is 0 Å². The molecule has 1 amide bonds. The number of carbonyl (C=O) groups excluding carboxylic acids is 1. The smallest absolute Gasteiger partial charge is 0.422 e. The summed E-state index contributed by atoms with van der Waals surface area (Å²) in [6.07, 6.45) is -1.12. The van der Waals surface area contributed by atoms with Crippen molar-refractivity contribution in [2.45, 2.75) is 18.7 Å². The zero-order valence-electron chi connectivity index (χ0n) is 11.3. The van der Waals surface area contributed by atoms with Crippen LogP contribution in [-0.2, 0) is 25.0 Å². The molecule has 1 aromatic carbocycles. The van der Waals surface area contributed by atoms with Crippen molar-refractivity contribution in [3.63, 3.8) is 0 Å². The lowest BCUT2D eigenvalue weighted by molar-refractivity contribution is 0.159. The van der Waals surface area contributed by atoms with E-state index in [1.54, 1.807) is 4.72 Å². The minimum absolute atomic E-state index is 0.0173. The summed E-state index contributed by atoms with van der Waals surface area (Å²) in [6.45, 7) is 3.02. The maximum Gasteiger partial charge on any atom is 0.422 e. The summed E-state index contributed by atoms with van der Waals surface area (Å²) in [5.41, 5.74) is 0.412. The number of sulfonamides is 1. The second kappa shape index (κ2) is 6.28. The molecular formula is C10H15N3O6S2. The van der Waals surface area contributed by atoms with E-state index in [0.29, 0.717) is 5.56 Å². The first-order chi connectivity index (χ1) is 9.55. The first-order valence-electron chi connectivity index (χ1n) is 5.66. The van der Waals surface area contributed by atoms with E-state index in [2.05, 4.69) is 9.46 Å². The van der Waals surface area contributed by atoms with E-state index in [9.17, 15) is 21.6 Å². The van der Waals surface area contributed by atoms with Crippen LogP contribution in [-0.4, -0.2) is 29.5 Å². The van der Waals surface area contributed by atoms with Crippen LogP contribution in [0.4, 0.5) is 10.5 Å². The summed E-state index contributed by atoms with van der Waals surface area (Å²) >= 11 is 0. The molecule has 118 valence electrons. The number of carbonyl (C=O) groups is 1. The van der Waals surface area contributed by atoms with Gasteiger partial charge in [-0.2, -0.15) is 8.42 Å². The number of hydrogen-bond donors (Lipinski definition) is 3.